The zero-order valence-electron chi connectivity index (χ0n) is 11.7. The van der Waals surface area contributed by atoms with Crippen LogP contribution in [0.15, 0.2) is 42.5 Å². The number of hydrogen-bond donors (Lipinski definition) is 1. The first-order valence-corrected chi connectivity index (χ1v) is 7.18. The number of aryl methyl sites for hydroxylation is 1. The van der Waals surface area contributed by atoms with Gasteiger partial charge in [0.15, 0.2) is 0 Å². The Morgan fingerprint density at radius 3 is 2.67 bits per heavy atom. The molecule has 2 N–H and O–H groups in total. The number of fused-ring (bicyclic) bond motifs is 1. The lowest BCUT2D eigenvalue weighted by Gasteiger charge is -2.08. The molecule has 4 nitrogen and oxygen atoms in total. The molecule has 5 heteroatoms. The van der Waals surface area contributed by atoms with Crippen LogP contribution in [0.2, 0.25) is 5.02 Å². The molecule has 0 aliphatic heterocycles. The number of aromatic nitrogens is 2. The number of halogens is 1. The number of nitrogens with zero attached hydrogens (tertiary/aromatic N) is 2. The Balaban J connectivity index is 1.87. The van der Waals surface area contributed by atoms with Gasteiger partial charge in [0, 0.05) is 17.3 Å². The van der Waals surface area contributed by atoms with Crippen molar-refractivity contribution in [2.45, 2.75) is 20.1 Å². The summed E-state index contributed by atoms with van der Waals surface area (Å²) in [4.78, 5) is 4.61. The fraction of sp³-hybridized carbons (Fsp3) is 0.188. The number of nitrogen functional groups attached to an aromatic ring is 1. The van der Waals surface area contributed by atoms with Crippen LogP contribution in [0.25, 0.3) is 11.0 Å². The number of ether oxygens (including phenoxy) is 1. The molecule has 0 radical (unpaired) electrons. The number of imidazole rings is 1. The number of anilines is 1. The first-order valence-electron chi connectivity index (χ1n) is 6.80. The van der Waals surface area contributed by atoms with Crippen LogP contribution in [0.4, 0.5) is 5.69 Å². The third-order valence-electron chi connectivity index (χ3n) is 3.35. The van der Waals surface area contributed by atoms with Crippen LogP contribution in [-0.4, -0.2) is 9.55 Å². The molecule has 0 saturated heterocycles. The largest absolute Gasteiger partial charge is 0.486 e. The van der Waals surface area contributed by atoms with E-state index in [4.69, 9.17) is 22.1 Å². The summed E-state index contributed by atoms with van der Waals surface area (Å²) >= 11 is 6.02. The van der Waals surface area contributed by atoms with Gasteiger partial charge in [-0.05, 0) is 49.4 Å². The van der Waals surface area contributed by atoms with Crippen molar-refractivity contribution in [1.82, 2.24) is 9.55 Å². The van der Waals surface area contributed by atoms with E-state index in [0.717, 1.165) is 34.8 Å². The molecule has 0 aliphatic rings. The van der Waals surface area contributed by atoms with Crippen LogP contribution >= 0.6 is 11.6 Å². The molecule has 3 rings (SSSR count). The van der Waals surface area contributed by atoms with Gasteiger partial charge in [0.25, 0.3) is 0 Å². The normalized spacial score (nSPS) is 11.0. The molecule has 0 spiro atoms. The summed E-state index contributed by atoms with van der Waals surface area (Å²) in [5, 5.41) is 0.689. The van der Waals surface area contributed by atoms with Crippen molar-refractivity contribution in [2.24, 2.45) is 0 Å². The van der Waals surface area contributed by atoms with Crippen LogP contribution in [0.3, 0.4) is 0 Å². The van der Waals surface area contributed by atoms with Gasteiger partial charge in [-0.25, -0.2) is 4.98 Å². The van der Waals surface area contributed by atoms with E-state index in [2.05, 4.69) is 16.5 Å². The highest BCUT2D eigenvalue weighted by atomic mass is 35.5. The van der Waals surface area contributed by atoms with Crippen LogP contribution in [0.5, 0.6) is 5.75 Å². The Hall–Kier alpha value is -2.20. The maximum atomic E-state index is 6.02. The van der Waals surface area contributed by atoms with Gasteiger partial charge in [0.2, 0.25) is 0 Å². The fourth-order valence-corrected chi connectivity index (χ4v) is 2.49. The van der Waals surface area contributed by atoms with Crippen molar-refractivity contribution in [3.63, 3.8) is 0 Å². The average molecular weight is 302 g/mol. The Labute approximate surface area is 128 Å². The van der Waals surface area contributed by atoms with E-state index >= 15 is 0 Å². The van der Waals surface area contributed by atoms with E-state index in [1.54, 1.807) is 0 Å². The maximum absolute atomic E-state index is 6.02. The zero-order valence-corrected chi connectivity index (χ0v) is 12.5. The SMILES string of the molecule is CCn1c(COc2ccc(N)cc2)nc2cc(Cl)ccc21. The molecule has 2 aromatic carbocycles. The van der Waals surface area contributed by atoms with E-state index in [9.17, 15) is 0 Å². The van der Waals surface area contributed by atoms with Gasteiger partial charge in [0.05, 0.1) is 11.0 Å². The molecule has 0 saturated carbocycles. The number of benzene rings is 2. The first kappa shape index (κ1) is 13.8. The Kier molecular flexibility index (Phi) is 3.71. The topological polar surface area (TPSA) is 53.1 Å². The molecular formula is C16H16ClN3O. The standard InChI is InChI=1S/C16H16ClN3O/c1-2-20-15-8-3-11(17)9-14(15)19-16(20)10-21-13-6-4-12(18)5-7-13/h3-9H,2,10,18H2,1H3. The summed E-state index contributed by atoms with van der Waals surface area (Å²) in [5.74, 6) is 1.66. The van der Waals surface area contributed by atoms with E-state index in [0.29, 0.717) is 11.6 Å². The van der Waals surface area contributed by atoms with Crippen LogP contribution < -0.4 is 10.5 Å². The third kappa shape index (κ3) is 2.81. The van der Waals surface area contributed by atoms with Gasteiger partial charge in [-0.2, -0.15) is 0 Å². The van der Waals surface area contributed by atoms with Crippen molar-refractivity contribution in [3.8, 4) is 5.75 Å². The van der Waals surface area contributed by atoms with Gasteiger partial charge < -0.3 is 15.0 Å². The summed E-state index contributed by atoms with van der Waals surface area (Å²) in [6.45, 7) is 3.32. The van der Waals surface area contributed by atoms with E-state index in [1.807, 2.05) is 42.5 Å². The number of hydrogen-bond acceptors (Lipinski definition) is 3. The lowest BCUT2D eigenvalue weighted by molar-refractivity contribution is 0.291. The van der Waals surface area contributed by atoms with Crippen LogP contribution in [0.1, 0.15) is 12.7 Å². The predicted octanol–water partition coefficient (Wildman–Crippen LogP) is 3.87. The van der Waals surface area contributed by atoms with Gasteiger partial charge in [-0.1, -0.05) is 11.6 Å². The average Bonchev–Trinajstić information content (AvgIpc) is 2.83. The molecule has 0 aliphatic carbocycles. The quantitative estimate of drug-likeness (QED) is 0.744. The Morgan fingerprint density at radius 2 is 1.95 bits per heavy atom. The fourth-order valence-electron chi connectivity index (χ4n) is 2.33. The molecule has 0 amide bonds. The molecule has 1 heterocycles. The Morgan fingerprint density at radius 1 is 1.19 bits per heavy atom. The monoisotopic (exact) mass is 301 g/mol. The van der Waals surface area contributed by atoms with Crippen molar-refractivity contribution in [1.29, 1.82) is 0 Å². The van der Waals surface area contributed by atoms with Gasteiger partial charge in [0.1, 0.15) is 18.2 Å². The molecule has 0 unspecified atom stereocenters. The maximum Gasteiger partial charge on any atom is 0.147 e. The van der Waals surface area contributed by atoms with Crippen molar-refractivity contribution in [2.75, 3.05) is 5.73 Å². The second kappa shape index (κ2) is 5.66. The minimum atomic E-state index is 0.407. The van der Waals surface area contributed by atoms with Gasteiger partial charge >= 0.3 is 0 Å². The lowest BCUT2D eigenvalue weighted by Crippen LogP contribution is -2.05. The summed E-state index contributed by atoms with van der Waals surface area (Å²) in [6, 6.07) is 13.1. The highest BCUT2D eigenvalue weighted by Crippen LogP contribution is 2.22. The molecule has 21 heavy (non-hydrogen) atoms. The zero-order chi connectivity index (χ0) is 14.8. The van der Waals surface area contributed by atoms with E-state index in [1.165, 1.54) is 0 Å². The molecule has 108 valence electrons. The molecule has 3 aromatic rings. The lowest BCUT2D eigenvalue weighted by atomic mass is 10.3. The smallest absolute Gasteiger partial charge is 0.147 e. The predicted molar refractivity (Wildman–Crippen MR) is 85.6 cm³/mol. The number of nitrogens with two attached hydrogens (primary N) is 1. The van der Waals surface area contributed by atoms with Crippen LogP contribution in [-0.2, 0) is 13.2 Å². The van der Waals surface area contributed by atoms with Crippen LogP contribution in [0, 0.1) is 0 Å². The molecule has 1 aromatic heterocycles. The second-order valence-electron chi connectivity index (χ2n) is 4.76. The minimum absolute atomic E-state index is 0.407. The molecule has 0 atom stereocenters. The first-order chi connectivity index (χ1) is 10.2. The Bertz CT molecular complexity index is 765. The number of rotatable bonds is 4. The third-order valence-corrected chi connectivity index (χ3v) is 3.59. The summed E-state index contributed by atoms with van der Waals surface area (Å²) < 4.78 is 7.91. The summed E-state index contributed by atoms with van der Waals surface area (Å²) in [5.41, 5.74) is 8.34. The highest BCUT2D eigenvalue weighted by Gasteiger charge is 2.10. The molecule has 0 bridgehead atoms. The minimum Gasteiger partial charge on any atom is -0.486 e. The van der Waals surface area contributed by atoms with E-state index in [-0.39, 0.29) is 0 Å². The van der Waals surface area contributed by atoms with E-state index < -0.39 is 0 Å². The van der Waals surface area contributed by atoms with Crippen molar-refractivity contribution in [3.05, 3.63) is 53.3 Å². The van der Waals surface area contributed by atoms with Gasteiger partial charge in [-0.3, -0.25) is 0 Å². The highest BCUT2D eigenvalue weighted by molar-refractivity contribution is 6.31. The molecular weight excluding hydrogens is 286 g/mol. The second-order valence-corrected chi connectivity index (χ2v) is 5.20. The van der Waals surface area contributed by atoms with Crippen molar-refractivity contribution < 1.29 is 4.74 Å². The summed E-state index contributed by atoms with van der Waals surface area (Å²) in [7, 11) is 0. The van der Waals surface area contributed by atoms with Crippen molar-refractivity contribution >= 4 is 28.3 Å². The van der Waals surface area contributed by atoms with Gasteiger partial charge in [-0.15, -0.1) is 0 Å². The molecule has 0 fully saturated rings. The summed E-state index contributed by atoms with van der Waals surface area (Å²) in [6.07, 6.45) is 0.